The third-order valence-corrected chi connectivity index (χ3v) is 3.36. The molecule has 1 fully saturated rings. The molecule has 0 aliphatic carbocycles. The van der Waals surface area contributed by atoms with Crippen LogP contribution >= 0.6 is 0 Å². The van der Waals surface area contributed by atoms with Crippen molar-refractivity contribution < 1.29 is 19.6 Å². The second-order valence-corrected chi connectivity index (χ2v) is 4.58. The molecule has 20 heavy (non-hydrogen) atoms. The van der Waals surface area contributed by atoms with Crippen LogP contribution in [0.5, 0.6) is 0 Å². The number of nitrogens with zero attached hydrogens (tertiary/aromatic N) is 2. The van der Waals surface area contributed by atoms with Crippen LogP contribution in [0.1, 0.15) is 23.7 Å². The lowest BCUT2D eigenvalue weighted by atomic mass is 10.1. The number of rotatable bonds is 4. The molecule has 1 atom stereocenters. The van der Waals surface area contributed by atoms with Crippen molar-refractivity contribution in [3.8, 4) is 0 Å². The van der Waals surface area contributed by atoms with E-state index in [9.17, 15) is 14.9 Å². The first-order valence-electron chi connectivity index (χ1n) is 6.41. The number of ether oxygens (including phenoxy) is 1. The molecular weight excluding hydrogens is 264 g/mol. The zero-order valence-electron chi connectivity index (χ0n) is 11.1. The van der Waals surface area contributed by atoms with E-state index in [-0.39, 0.29) is 17.4 Å². The van der Waals surface area contributed by atoms with Crippen LogP contribution in [0.3, 0.4) is 0 Å². The van der Waals surface area contributed by atoms with E-state index in [1.165, 1.54) is 12.1 Å². The van der Waals surface area contributed by atoms with E-state index in [1.807, 2.05) is 11.8 Å². The van der Waals surface area contributed by atoms with E-state index in [1.54, 1.807) is 6.07 Å². The fraction of sp³-hybridized carbons (Fsp3) is 0.462. The number of anilines is 1. The number of para-hydroxylation sites is 1. The molecule has 1 saturated heterocycles. The fourth-order valence-electron chi connectivity index (χ4n) is 2.34. The van der Waals surface area contributed by atoms with Gasteiger partial charge >= 0.3 is 11.7 Å². The normalized spacial score (nSPS) is 18.9. The monoisotopic (exact) mass is 280 g/mol. The lowest BCUT2D eigenvalue weighted by Gasteiger charge is -2.33. The predicted octanol–water partition coefficient (Wildman–Crippen LogP) is 1.91. The van der Waals surface area contributed by atoms with E-state index in [0.29, 0.717) is 25.4 Å². The number of carboxylic acid groups (broad SMARTS) is 1. The molecule has 1 aromatic carbocycles. The Labute approximate surface area is 115 Å². The summed E-state index contributed by atoms with van der Waals surface area (Å²) < 4.78 is 5.53. The molecule has 0 saturated carbocycles. The largest absolute Gasteiger partial charge is 0.477 e. The summed E-state index contributed by atoms with van der Waals surface area (Å²) in [6.45, 7) is 3.50. The molecule has 1 heterocycles. The highest BCUT2D eigenvalue weighted by molar-refractivity contribution is 5.95. The first kappa shape index (κ1) is 14.3. The van der Waals surface area contributed by atoms with Gasteiger partial charge in [0, 0.05) is 13.1 Å². The fourth-order valence-corrected chi connectivity index (χ4v) is 2.34. The number of nitro benzene ring substituents is 1. The minimum Gasteiger partial charge on any atom is -0.477 e. The van der Waals surface area contributed by atoms with Crippen LogP contribution in [-0.2, 0) is 4.74 Å². The number of hydrogen-bond acceptors (Lipinski definition) is 5. The Morgan fingerprint density at radius 3 is 2.95 bits per heavy atom. The van der Waals surface area contributed by atoms with Crippen molar-refractivity contribution in [1.82, 2.24) is 0 Å². The van der Waals surface area contributed by atoms with Gasteiger partial charge in [-0.25, -0.2) is 4.79 Å². The smallest absolute Gasteiger partial charge is 0.342 e. The number of benzene rings is 1. The lowest BCUT2D eigenvalue weighted by Crippen LogP contribution is -2.42. The molecule has 108 valence electrons. The SMILES string of the molecule is CCC1CN(c2cccc(C(=O)O)c2[N+](=O)[O-])CCO1. The molecule has 0 aromatic heterocycles. The molecule has 1 unspecified atom stereocenters. The van der Waals surface area contributed by atoms with E-state index in [0.717, 1.165) is 6.42 Å². The van der Waals surface area contributed by atoms with Gasteiger partial charge in [-0.3, -0.25) is 10.1 Å². The molecule has 1 N–H and O–H groups in total. The Morgan fingerprint density at radius 2 is 2.35 bits per heavy atom. The maximum Gasteiger partial charge on any atom is 0.342 e. The van der Waals surface area contributed by atoms with Gasteiger partial charge in [-0.15, -0.1) is 0 Å². The van der Waals surface area contributed by atoms with Crippen LogP contribution in [0.4, 0.5) is 11.4 Å². The number of hydrogen-bond donors (Lipinski definition) is 1. The maximum absolute atomic E-state index is 11.2. The number of aromatic carboxylic acids is 1. The summed E-state index contributed by atoms with van der Waals surface area (Å²) in [6, 6.07) is 4.37. The highest BCUT2D eigenvalue weighted by Gasteiger charge is 2.29. The molecule has 2 rings (SSSR count). The summed E-state index contributed by atoms with van der Waals surface area (Å²) in [5.74, 6) is -1.29. The Bertz CT molecular complexity index is 531. The van der Waals surface area contributed by atoms with Gasteiger partial charge in [0.25, 0.3) is 0 Å². The molecule has 0 spiro atoms. The second-order valence-electron chi connectivity index (χ2n) is 4.58. The number of nitro groups is 1. The van der Waals surface area contributed by atoms with Crippen molar-refractivity contribution in [3.63, 3.8) is 0 Å². The average molecular weight is 280 g/mol. The standard InChI is InChI=1S/C13H16N2O5/c1-2-9-8-14(6-7-20-9)11-5-3-4-10(13(16)17)12(11)15(18)19/h3-5,9H,2,6-8H2,1H3,(H,16,17). The number of morpholine rings is 1. The van der Waals surface area contributed by atoms with Crippen LogP contribution in [0.25, 0.3) is 0 Å². The summed E-state index contributed by atoms with van der Waals surface area (Å²) in [5.41, 5.74) is -0.291. The molecule has 7 heteroatoms. The molecule has 1 aliphatic rings. The van der Waals surface area contributed by atoms with Crippen molar-refractivity contribution in [2.75, 3.05) is 24.6 Å². The predicted molar refractivity (Wildman–Crippen MR) is 72.3 cm³/mol. The first-order chi connectivity index (χ1) is 9.54. The number of carbonyl (C=O) groups is 1. The summed E-state index contributed by atoms with van der Waals surface area (Å²) in [7, 11) is 0. The molecule has 1 aromatic rings. The van der Waals surface area contributed by atoms with E-state index < -0.39 is 10.9 Å². The average Bonchev–Trinajstić information content (AvgIpc) is 2.46. The minimum atomic E-state index is -1.29. The van der Waals surface area contributed by atoms with Crippen LogP contribution in [-0.4, -0.2) is 41.8 Å². The highest BCUT2D eigenvalue weighted by atomic mass is 16.6. The molecule has 0 radical (unpaired) electrons. The summed E-state index contributed by atoms with van der Waals surface area (Å²) >= 11 is 0. The maximum atomic E-state index is 11.2. The summed E-state index contributed by atoms with van der Waals surface area (Å²) in [6.07, 6.45) is 0.819. The third-order valence-electron chi connectivity index (χ3n) is 3.36. The van der Waals surface area contributed by atoms with Crippen LogP contribution in [0.2, 0.25) is 0 Å². The van der Waals surface area contributed by atoms with Gasteiger partial charge in [0.1, 0.15) is 11.3 Å². The first-order valence-corrected chi connectivity index (χ1v) is 6.41. The van der Waals surface area contributed by atoms with Gasteiger partial charge in [-0.2, -0.15) is 0 Å². The van der Waals surface area contributed by atoms with E-state index >= 15 is 0 Å². The highest BCUT2D eigenvalue weighted by Crippen LogP contribution is 2.33. The van der Waals surface area contributed by atoms with Gasteiger partial charge < -0.3 is 14.7 Å². The lowest BCUT2D eigenvalue weighted by molar-refractivity contribution is -0.384. The molecule has 1 aliphatic heterocycles. The molecule has 7 nitrogen and oxygen atoms in total. The Hall–Kier alpha value is -2.15. The zero-order chi connectivity index (χ0) is 14.7. The minimum absolute atomic E-state index is 0.0110. The van der Waals surface area contributed by atoms with Crippen molar-refractivity contribution in [3.05, 3.63) is 33.9 Å². The van der Waals surface area contributed by atoms with E-state index in [2.05, 4.69) is 0 Å². The Morgan fingerprint density at radius 1 is 1.60 bits per heavy atom. The second kappa shape index (κ2) is 5.87. The topological polar surface area (TPSA) is 92.9 Å². The van der Waals surface area contributed by atoms with Crippen molar-refractivity contribution in [2.45, 2.75) is 19.4 Å². The van der Waals surface area contributed by atoms with Crippen LogP contribution in [0.15, 0.2) is 18.2 Å². The summed E-state index contributed by atoms with van der Waals surface area (Å²) in [5, 5.41) is 20.3. The van der Waals surface area contributed by atoms with Crippen molar-refractivity contribution in [1.29, 1.82) is 0 Å². The number of carboxylic acids is 1. The van der Waals surface area contributed by atoms with Gasteiger partial charge in [0.2, 0.25) is 0 Å². The molecule has 0 amide bonds. The molecule has 0 bridgehead atoms. The molecular formula is C13H16N2O5. The Kier molecular flexibility index (Phi) is 4.19. The summed E-state index contributed by atoms with van der Waals surface area (Å²) in [4.78, 5) is 23.6. The zero-order valence-corrected chi connectivity index (χ0v) is 11.1. The van der Waals surface area contributed by atoms with Crippen LogP contribution in [0, 0.1) is 10.1 Å². The Balaban J connectivity index is 2.43. The van der Waals surface area contributed by atoms with Gasteiger partial charge in [0.05, 0.1) is 17.6 Å². The van der Waals surface area contributed by atoms with Gasteiger partial charge in [0.15, 0.2) is 0 Å². The van der Waals surface area contributed by atoms with Gasteiger partial charge in [-0.05, 0) is 18.6 Å². The van der Waals surface area contributed by atoms with Gasteiger partial charge in [-0.1, -0.05) is 13.0 Å². The quantitative estimate of drug-likeness (QED) is 0.669. The van der Waals surface area contributed by atoms with Crippen molar-refractivity contribution >= 4 is 17.3 Å². The van der Waals surface area contributed by atoms with Crippen molar-refractivity contribution in [2.24, 2.45) is 0 Å². The third kappa shape index (κ3) is 2.72. The van der Waals surface area contributed by atoms with Crippen LogP contribution < -0.4 is 4.90 Å². The van der Waals surface area contributed by atoms with E-state index in [4.69, 9.17) is 9.84 Å².